The van der Waals surface area contributed by atoms with Crippen molar-refractivity contribution >= 4 is 5.91 Å². The number of aromatic amines is 1. The first-order valence-electron chi connectivity index (χ1n) is 8.87. The molecule has 0 saturated carbocycles. The van der Waals surface area contributed by atoms with Crippen LogP contribution >= 0.6 is 0 Å². The van der Waals surface area contributed by atoms with Crippen LogP contribution in [0.2, 0.25) is 0 Å². The van der Waals surface area contributed by atoms with E-state index in [9.17, 15) is 4.79 Å². The van der Waals surface area contributed by atoms with E-state index in [4.69, 9.17) is 0 Å². The Balaban J connectivity index is 1.73. The van der Waals surface area contributed by atoms with E-state index in [0.717, 1.165) is 30.0 Å². The van der Waals surface area contributed by atoms with E-state index < -0.39 is 0 Å². The fourth-order valence-electron chi connectivity index (χ4n) is 3.40. The lowest BCUT2D eigenvalue weighted by atomic mass is 10.0. The third-order valence-electron chi connectivity index (χ3n) is 4.67. The predicted octanol–water partition coefficient (Wildman–Crippen LogP) is 4.00. The highest BCUT2D eigenvalue weighted by molar-refractivity contribution is 5.79. The Morgan fingerprint density at radius 2 is 1.92 bits per heavy atom. The molecule has 1 aliphatic heterocycles. The minimum absolute atomic E-state index is 0.175. The first-order chi connectivity index (χ1) is 11.4. The van der Waals surface area contributed by atoms with Gasteiger partial charge in [0.1, 0.15) is 5.82 Å². The molecule has 4 heteroatoms. The molecule has 1 unspecified atom stereocenters. The van der Waals surface area contributed by atoms with Gasteiger partial charge in [-0.05, 0) is 37.3 Å². The van der Waals surface area contributed by atoms with Crippen LogP contribution in [0.3, 0.4) is 0 Å². The second-order valence-corrected chi connectivity index (χ2v) is 7.52. The largest absolute Gasteiger partial charge is 0.342 e. The van der Waals surface area contributed by atoms with E-state index in [1.165, 1.54) is 5.56 Å². The lowest BCUT2D eigenvalue weighted by molar-refractivity contribution is -0.129. The smallest absolute Gasteiger partial charge is 0.223 e. The standard InChI is InChI=1S/C20H27N3O/c1-13(2)9-15-5-7-16(8-6-15)18-11-21-20(22-18)17-10-19(24)23(12-17)14(3)4/h5-8,11,13-14,17H,9-10,12H2,1-4H3,(H,21,22). The number of nitrogens with zero attached hydrogens (tertiary/aromatic N) is 2. The quantitative estimate of drug-likeness (QED) is 0.903. The van der Waals surface area contributed by atoms with Crippen molar-refractivity contribution in [3.63, 3.8) is 0 Å². The molecular weight excluding hydrogens is 298 g/mol. The summed E-state index contributed by atoms with van der Waals surface area (Å²) in [7, 11) is 0. The Kier molecular flexibility index (Phi) is 4.74. The van der Waals surface area contributed by atoms with Crippen molar-refractivity contribution < 1.29 is 4.79 Å². The van der Waals surface area contributed by atoms with Crippen molar-refractivity contribution in [3.8, 4) is 11.3 Å². The van der Waals surface area contributed by atoms with Crippen molar-refractivity contribution in [2.24, 2.45) is 5.92 Å². The van der Waals surface area contributed by atoms with Crippen LogP contribution in [-0.2, 0) is 11.2 Å². The second-order valence-electron chi connectivity index (χ2n) is 7.52. The molecule has 3 rings (SSSR count). The van der Waals surface area contributed by atoms with E-state index >= 15 is 0 Å². The van der Waals surface area contributed by atoms with E-state index in [1.807, 2.05) is 11.1 Å². The summed E-state index contributed by atoms with van der Waals surface area (Å²) >= 11 is 0. The van der Waals surface area contributed by atoms with Gasteiger partial charge in [0.15, 0.2) is 0 Å². The lowest BCUT2D eigenvalue weighted by Gasteiger charge is -2.20. The van der Waals surface area contributed by atoms with Crippen LogP contribution in [0.15, 0.2) is 30.5 Å². The van der Waals surface area contributed by atoms with Crippen molar-refractivity contribution in [2.45, 2.75) is 52.5 Å². The molecule has 24 heavy (non-hydrogen) atoms. The molecule has 1 N–H and O–H groups in total. The average molecular weight is 325 g/mol. The molecule has 2 heterocycles. The first-order valence-corrected chi connectivity index (χ1v) is 8.87. The number of nitrogens with one attached hydrogen (secondary N) is 1. The Bertz CT molecular complexity index is 700. The van der Waals surface area contributed by atoms with Crippen LogP contribution in [0.5, 0.6) is 0 Å². The number of rotatable bonds is 5. The Hall–Kier alpha value is -2.10. The van der Waals surface area contributed by atoms with Gasteiger partial charge >= 0.3 is 0 Å². The third kappa shape index (κ3) is 3.53. The number of hydrogen-bond donors (Lipinski definition) is 1. The zero-order valence-electron chi connectivity index (χ0n) is 15.0. The number of imidazole rings is 1. The molecule has 0 bridgehead atoms. The number of benzene rings is 1. The maximum Gasteiger partial charge on any atom is 0.223 e. The number of aromatic nitrogens is 2. The highest BCUT2D eigenvalue weighted by atomic mass is 16.2. The summed E-state index contributed by atoms with van der Waals surface area (Å²) in [5.74, 6) is 1.99. The number of carbonyl (C=O) groups excluding carboxylic acids is 1. The van der Waals surface area contributed by atoms with Gasteiger partial charge in [-0.25, -0.2) is 4.98 Å². The van der Waals surface area contributed by atoms with E-state index in [1.54, 1.807) is 0 Å². The maximum absolute atomic E-state index is 12.1. The summed E-state index contributed by atoms with van der Waals surface area (Å²) in [4.78, 5) is 22.0. The molecule has 0 spiro atoms. The van der Waals surface area contributed by atoms with Gasteiger partial charge < -0.3 is 9.88 Å². The molecule has 4 nitrogen and oxygen atoms in total. The van der Waals surface area contributed by atoms with E-state index in [-0.39, 0.29) is 17.9 Å². The molecule has 1 aliphatic rings. The van der Waals surface area contributed by atoms with Crippen molar-refractivity contribution in [2.75, 3.05) is 6.54 Å². The summed E-state index contributed by atoms with van der Waals surface area (Å²) < 4.78 is 0. The Morgan fingerprint density at radius 3 is 2.50 bits per heavy atom. The zero-order chi connectivity index (χ0) is 17.3. The van der Waals surface area contributed by atoms with Crippen LogP contribution < -0.4 is 0 Å². The van der Waals surface area contributed by atoms with Gasteiger partial charge in [0.2, 0.25) is 5.91 Å². The zero-order valence-corrected chi connectivity index (χ0v) is 15.0. The number of carbonyl (C=O) groups is 1. The first kappa shape index (κ1) is 16.7. The number of likely N-dealkylation sites (tertiary alicyclic amines) is 1. The maximum atomic E-state index is 12.1. The van der Waals surface area contributed by atoms with Gasteiger partial charge in [-0.1, -0.05) is 38.1 Å². The Labute approximate surface area is 144 Å². The molecule has 128 valence electrons. The van der Waals surface area contributed by atoms with Crippen molar-refractivity contribution in [3.05, 3.63) is 41.9 Å². The fraction of sp³-hybridized carbons (Fsp3) is 0.500. The second kappa shape index (κ2) is 6.80. The van der Waals surface area contributed by atoms with Crippen LogP contribution in [0.1, 0.15) is 51.4 Å². The highest BCUT2D eigenvalue weighted by Gasteiger charge is 2.33. The molecule has 1 saturated heterocycles. The van der Waals surface area contributed by atoms with Gasteiger partial charge in [-0.3, -0.25) is 4.79 Å². The SMILES string of the molecule is CC(C)Cc1ccc(-c2cnc(C3CC(=O)N(C(C)C)C3)[nH]2)cc1. The number of hydrogen-bond acceptors (Lipinski definition) is 2. The fourth-order valence-corrected chi connectivity index (χ4v) is 3.40. The molecule has 0 aliphatic carbocycles. The van der Waals surface area contributed by atoms with Crippen LogP contribution in [0.25, 0.3) is 11.3 Å². The normalized spacial score (nSPS) is 18.2. The molecule has 1 aromatic heterocycles. The van der Waals surface area contributed by atoms with E-state index in [2.05, 4.69) is 61.9 Å². The van der Waals surface area contributed by atoms with Gasteiger partial charge in [0.05, 0.1) is 11.9 Å². The summed E-state index contributed by atoms with van der Waals surface area (Å²) in [6, 6.07) is 8.93. The summed E-state index contributed by atoms with van der Waals surface area (Å²) in [5, 5.41) is 0. The molecule has 1 aromatic carbocycles. The Morgan fingerprint density at radius 1 is 1.21 bits per heavy atom. The minimum Gasteiger partial charge on any atom is -0.342 e. The van der Waals surface area contributed by atoms with Gasteiger partial charge in [0.25, 0.3) is 0 Å². The van der Waals surface area contributed by atoms with Gasteiger partial charge in [-0.2, -0.15) is 0 Å². The summed E-state index contributed by atoms with van der Waals surface area (Å²) in [6.45, 7) is 9.35. The van der Waals surface area contributed by atoms with Crippen molar-refractivity contribution in [1.29, 1.82) is 0 Å². The van der Waals surface area contributed by atoms with E-state index in [0.29, 0.717) is 12.3 Å². The van der Waals surface area contributed by atoms with Crippen LogP contribution in [-0.4, -0.2) is 33.4 Å². The highest BCUT2D eigenvalue weighted by Crippen LogP contribution is 2.29. The van der Waals surface area contributed by atoms with Crippen molar-refractivity contribution in [1.82, 2.24) is 14.9 Å². The monoisotopic (exact) mass is 325 g/mol. The van der Waals surface area contributed by atoms with Crippen LogP contribution in [0, 0.1) is 5.92 Å². The average Bonchev–Trinajstić information content (AvgIpc) is 3.14. The number of amides is 1. The summed E-state index contributed by atoms with van der Waals surface area (Å²) in [6.07, 6.45) is 3.54. The molecule has 1 fully saturated rings. The molecule has 2 aromatic rings. The summed E-state index contributed by atoms with van der Waals surface area (Å²) in [5.41, 5.74) is 3.53. The molecule has 1 atom stereocenters. The molecular formula is C20H27N3O. The molecule has 1 amide bonds. The lowest BCUT2D eigenvalue weighted by Crippen LogP contribution is -2.31. The van der Waals surface area contributed by atoms with Gasteiger partial charge in [0, 0.05) is 24.9 Å². The minimum atomic E-state index is 0.175. The predicted molar refractivity (Wildman–Crippen MR) is 96.8 cm³/mol. The topological polar surface area (TPSA) is 49.0 Å². The molecule has 0 radical (unpaired) electrons. The van der Waals surface area contributed by atoms with Crippen LogP contribution in [0.4, 0.5) is 0 Å². The van der Waals surface area contributed by atoms with Gasteiger partial charge in [-0.15, -0.1) is 0 Å². The number of H-pyrrole nitrogens is 1. The third-order valence-corrected chi connectivity index (χ3v) is 4.67.